The number of piperidine rings is 1. The number of rotatable bonds is 2. The highest BCUT2D eigenvalue weighted by molar-refractivity contribution is 5.87. The Morgan fingerprint density at radius 1 is 1.04 bits per heavy atom. The summed E-state index contributed by atoms with van der Waals surface area (Å²) in [4.78, 5) is 26.6. The third-order valence-corrected chi connectivity index (χ3v) is 4.89. The summed E-state index contributed by atoms with van der Waals surface area (Å²) in [6.45, 7) is 2.58. The second-order valence-electron chi connectivity index (χ2n) is 6.51. The van der Waals surface area contributed by atoms with Gasteiger partial charge in [0.05, 0.1) is 12.3 Å². The fourth-order valence-electron chi connectivity index (χ4n) is 3.66. The van der Waals surface area contributed by atoms with E-state index in [4.69, 9.17) is 14.2 Å². The number of nitrogens with zero attached hydrogens (tertiary/aromatic N) is 1. The molecule has 2 saturated heterocycles. The van der Waals surface area contributed by atoms with Gasteiger partial charge in [0, 0.05) is 13.1 Å². The highest BCUT2D eigenvalue weighted by Crippen LogP contribution is 2.40. The minimum absolute atomic E-state index is 0.0282. The molecule has 0 aromatic heterocycles. The van der Waals surface area contributed by atoms with Gasteiger partial charge in [-0.2, -0.15) is 0 Å². The number of fused-ring (bicyclic) bond motifs is 1. The molecule has 0 unspecified atom stereocenters. The molecule has 2 atom stereocenters. The Kier molecular flexibility index (Phi) is 4.04. The largest absolute Gasteiger partial charge is 0.486 e. The number of amides is 1. The molecule has 6 heteroatoms. The van der Waals surface area contributed by atoms with Crippen molar-refractivity contribution >= 4 is 11.9 Å². The van der Waals surface area contributed by atoms with E-state index < -0.39 is 12.0 Å². The van der Waals surface area contributed by atoms with Crippen molar-refractivity contribution in [3.63, 3.8) is 0 Å². The zero-order chi connectivity index (χ0) is 16.5. The molecule has 24 heavy (non-hydrogen) atoms. The molecule has 4 rings (SSSR count). The van der Waals surface area contributed by atoms with Crippen molar-refractivity contribution in [3.8, 4) is 11.5 Å². The SMILES string of the molecule is O=C1C[C@@H](C(=O)N2CCCCC2)[C@H](c2ccc3c(c2)OCCO3)O1. The highest BCUT2D eigenvalue weighted by Gasteiger charge is 2.43. The van der Waals surface area contributed by atoms with Crippen molar-refractivity contribution < 1.29 is 23.8 Å². The number of benzene rings is 1. The fourth-order valence-corrected chi connectivity index (χ4v) is 3.66. The van der Waals surface area contributed by atoms with Crippen molar-refractivity contribution in [1.82, 2.24) is 4.90 Å². The van der Waals surface area contributed by atoms with E-state index in [1.54, 1.807) is 0 Å². The van der Waals surface area contributed by atoms with Crippen LogP contribution in [0.25, 0.3) is 0 Å². The van der Waals surface area contributed by atoms with Crippen molar-refractivity contribution in [2.75, 3.05) is 26.3 Å². The van der Waals surface area contributed by atoms with E-state index in [1.807, 2.05) is 23.1 Å². The molecule has 3 heterocycles. The number of carbonyl (C=O) groups excluding carboxylic acids is 2. The van der Waals surface area contributed by atoms with Crippen molar-refractivity contribution in [1.29, 1.82) is 0 Å². The maximum Gasteiger partial charge on any atom is 0.307 e. The normalized spacial score (nSPS) is 26.2. The zero-order valence-electron chi connectivity index (χ0n) is 13.5. The van der Waals surface area contributed by atoms with E-state index in [2.05, 4.69) is 0 Å². The zero-order valence-corrected chi connectivity index (χ0v) is 13.5. The van der Waals surface area contributed by atoms with Crippen LogP contribution in [-0.4, -0.2) is 43.1 Å². The molecule has 1 aromatic rings. The first-order chi connectivity index (χ1) is 11.7. The summed E-state index contributed by atoms with van der Waals surface area (Å²) >= 11 is 0. The Morgan fingerprint density at radius 2 is 1.79 bits per heavy atom. The highest BCUT2D eigenvalue weighted by atomic mass is 16.6. The lowest BCUT2D eigenvalue weighted by Gasteiger charge is -2.30. The third kappa shape index (κ3) is 2.81. The second-order valence-corrected chi connectivity index (χ2v) is 6.51. The van der Waals surface area contributed by atoms with Crippen molar-refractivity contribution in [2.45, 2.75) is 31.8 Å². The molecule has 3 aliphatic heterocycles. The van der Waals surface area contributed by atoms with Gasteiger partial charge in [-0.05, 0) is 37.0 Å². The van der Waals surface area contributed by atoms with Gasteiger partial charge in [0.2, 0.25) is 5.91 Å². The molecular weight excluding hydrogens is 310 g/mol. The molecular formula is C18H21NO5. The molecule has 1 amide bonds. The van der Waals surface area contributed by atoms with Crippen LogP contribution in [0.4, 0.5) is 0 Å². The molecule has 2 fully saturated rings. The fraction of sp³-hybridized carbons (Fsp3) is 0.556. The van der Waals surface area contributed by atoms with E-state index >= 15 is 0 Å². The van der Waals surface area contributed by atoms with Gasteiger partial charge in [0.15, 0.2) is 11.5 Å². The number of cyclic esters (lactones) is 1. The maximum atomic E-state index is 12.9. The number of hydrogen-bond donors (Lipinski definition) is 0. The predicted octanol–water partition coefficient (Wildman–Crippen LogP) is 2.07. The molecule has 0 N–H and O–H groups in total. The summed E-state index contributed by atoms with van der Waals surface area (Å²) in [5.74, 6) is 0.600. The van der Waals surface area contributed by atoms with Gasteiger partial charge < -0.3 is 19.1 Å². The van der Waals surface area contributed by atoms with Crippen molar-refractivity contribution in [2.24, 2.45) is 5.92 Å². The first kappa shape index (κ1) is 15.3. The standard InChI is InChI=1S/C18H21NO5/c20-16-11-13(18(21)19-6-2-1-3-7-19)17(24-16)12-4-5-14-15(10-12)23-9-8-22-14/h4-5,10,13,17H,1-3,6-9,11H2/t13-,17+/m1/s1. The van der Waals surface area contributed by atoms with Gasteiger partial charge >= 0.3 is 5.97 Å². The van der Waals surface area contributed by atoms with E-state index in [0.717, 1.165) is 37.9 Å². The van der Waals surface area contributed by atoms with Gasteiger partial charge in [-0.1, -0.05) is 6.07 Å². The first-order valence-corrected chi connectivity index (χ1v) is 8.60. The Balaban J connectivity index is 1.58. The number of likely N-dealkylation sites (tertiary alicyclic amines) is 1. The van der Waals surface area contributed by atoms with E-state index in [0.29, 0.717) is 24.7 Å². The summed E-state index contributed by atoms with van der Waals surface area (Å²) in [6, 6.07) is 5.50. The summed E-state index contributed by atoms with van der Waals surface area (Å²) in [6.07, 6.45) is 2.83. The average Bonchev–Trinajstić information content (AvgIpc) is 3.03. The summed E-state index contributed by atoms with van der Waals surface area (Å²) in [5, 5.41) is 0. The minimum atomic E-state index is -0.539. The maximum absolute atomic E-state index is 12.9. The molecule has 0 aliphatic carbocycles. The lowest BCUT2D eigenvalue weighted by atomic mass is 9.92. The van der Waals surface area contributed by atoms with Crippen LogP contribution in [0.3, 0.4) is 0 Å². The van der Waals surface area contributed by atoms with Crippen LogP contribution in [-0.2, 0) is 14.3 Å². The number of ether oxygens (including phenoxy) is 3. The molecule has 6 nitrogen and oxygen atoms in total. The Morgan fingerprint density at radius 3 is 2.58 bits per heavy atom. The van der Waals surface area contributed by atoms with Crippen LogP contribution in [0.15, 0.2) is 18.2 Å². The number of hydrogen-bond acceptors (Lipinski definition) is 5. The van der Waals surface area contributed by atoms with Crippen LogP contribution in [0.5, 0.6) is 11.5 Å². The molecule has 128 valence electrons. The number of esters is 1. The number of carbonyl (C=O) groups is 2. The molecule has 1 aromatic carbocycles. The van der Waals surface area contributed by atoms with Crippen molar-refractivity contribution in [3.05, 3.63) is 23.8 Å². The monoisotopic (exact) mass is 331 g/mol. The van der Waals surface area contributed by atoms with Crippen LogP contribution in [0, 0.1) is 5.92 Å². The summed E-state index contributed by atoms with van der Waals surface area (Å²) < 4.78 is 16.6. The quantitative estimate of drug-likeness (QED) is 0.776. The Bertz CT molecular complexity index is 653. The van der Waals surface area contributed by atoms with Gasteiger partial charge in [0.1, 0.15) is 19.3 Å². The van der Waals surface area contributed by atoms with E-state index in [-0.39, 0.29) is 18.3 Å². The van der Waals surface area contributed by atoms with Crippen LogP contribution < -0.4 is 9.47 Å². The molecule has 3 aliphatic rings. The van der Waals surface area contributed by atoms with Crippen LogP contribution in [0.1, 0.15) is 37.4 Å². The van der Waals surface area contributed by atoms with Crippen LogP contribution in [0.2, 0.25) is 0 Å². The Labute approximate surface area is 140 Å². The minimum Gasteiger partial charge on any atom is -0.486 e. The van der Waals surface area contributed by atoms with Gasteiger partial charge in [0.25, 0.3) is 0 Å². The van der Waals surface area contributed by atoms with Gasteiger partial charge in [-0.25, -0.2) is 0 Å². The smallest absolute Gasteiger partial charge is 0.307 e. The Hall–Kier alpha value is -2.24. The van der Waals surface area contributed by atoms with E-state index in [1.165, 1.54) is 0 Å². The molecule has 0 bridgehead atoms. The molecule has 0 spiro atoms. The second kappa shape index (κ2) is 6.34. The summed E-state index contributed by atoms with van der Waals surface area (Å²) in [5.41, 5.74) is 0.792. The van der Waals surface area contributed by atoms with E-state index in [9.17, 15) is 9.59 Å². The molecule has 0 radical (unpaired) electrons. The molecule has 0 saturated carbocycles. The third-order valence-electron chi connectivity index (χ3n) is 4.89. The lowest BCUT2D eigenvalue weighted by Crippen LogP contribution is -2.40. The predicted molar refractivity (Wildman–Crippen MR) is 84.8 cm³/mol. The van der Waals surface area contributed by atoms with Crippen LogP contribution >= 0.6 is 0 Å². The average molecular weight is 331 g/mol. The first-order valence-electron chi connectivity index (χ1n) is 8.60. The topological polar surface area (TPSA) is 65.1 Å². The summed E-state index contributed by atoms with van der Waals surface area (Å²) in [7, 11) is 0. The van der Waals surface area contributed by atoms with Gasteiger partial charge in [-0.15, -0.1) is 0 Å². The lowest BCUT2D eigenvalue weighted by molar-refractivity contribution is -0.142. The van der Waals surface area contributed by atoms with Gasteiger partial charge in [-0.3, -0.25) is 9.59 Å².